The molecule has 5 N–H and O–H groups in total. The molecular weight excluding hydrogens is 389 g/mol. The van der Waals surface area contributed by atoms with E-state index in [-0.39, 0.29) is 12.1 Å². The van der Waals surface area contributed by atoms with E-state index in [1.54, 1.807) is 0 Å². The highest BCUT2D eigenvalue weighted by Crippen LogP contribution is 2.36. The summed E-state index contributed by atoms with van der Waals surface area (Å²) >= 11 is 0. The van der Waals surface area contributed by atoms with Crippen molar-refractivity contribution in [2.45, 2.75) is 121 Å². The fourth-order valence-electron chi connectivity index (χ4n) is 4.57. The van der Waals surface area contributed by atoms with Crippen molar-refractivity contribution >= 4 is 15.9 Å². The van der Waals surface area contributed by atoms with Crippen LogP contribution in [0.5, 0.6) is 0 Å². The third-order valence-corrected chi connectivity index (χ3v) is 8.66. The Morgan fingerprint density at radius 3 is 2.11 bits per heavy atom. The van der Waals surface area contributed by atoms with Crippen LogP contribution in [-0.4, -0.2) is 30.0 Å². The van der Waals surface area contributed by atoms with Gasteiger partial charge in [-0.25, -0.2) is 4.57 Å². The number of hydrogen-bond acceptors (Lipinski definition) is 2. The van der Waals surface area contributed by atoms with Gasteiger partial charge in [0.25, 0.3) is 0 Å². The second-order valence-electron chi connectivity index (χ2n) is 10.4. The molecule has 1 atom stereocenters. The van der Waals surface area contributed by atoms with E-state index in [2.05, 4.69) is 29.9 Å². The Labute approximate surface area is 174 Å². The molecule has 0 radical (unpaired) electrons. The monoisotopic (exact) mass is 436 g/mol. The van der Waals surface area contributed by atoms with Gasteiger partial charge < -0.3 is 15.5 Å². The molecule has 1 aliphatic rings. The molecular formula is C21H47NO4PSi+. The molecule has 0 bridgehead atoms. The minimum Gasteiger partial charge on any atom is -0.353 e. The molecule has 7 heteroatoms. The first-order chi connectivity index (χ1) is 13.0. The van der Waals surface area contributed by atoms with Gasteiger partial charge in [0.05, 0.1) is 12.1 Å². The van der Waals surface area contributed by atoms with E-state index >= 15 is 0 Å². The number of unbranched alkanes of at least 4 members (excludes halogenated alkanes) is 2. The van der Waals surface area contributed by atoms with Crippen LogP contribution in [-0.2, 0) is 9.09 Å². The second kappa shape index (κ2) is 12.9. The van der Waals surface area contributed by atoms with Crippen molar-refractivity contribution in [3.05, 3.63) is 0 Å². The van der Waals surface area contributed by atoms with Crippen LogP contribution in [0.15, 0.2) is 0 Å². The molecule has 0 aromatic carbocycles. The van der Waals surface area contributed by atoms with Gasteiger partial charge in [0.15, 0.2) is 0 Å². The molecule has 0 saturated heterocycles. The molecule has 0 aromatic rings. The smallest absolute Gasteiger partial charge is 0.353 e. The molecule has 0 aromatic heterocycles. The summed E-state index contributed by atoms with van der Waals surface area (Å²) in [4.78, 5) is 17.7. The average molecular weight is 437 g/mol. The Kier molecular flexibility index (Phi) is 12.1. The summed E-state index contributed by atoms with van der Waals surface area (Å²) in [5, 5.41) is 0. The molecule has 1 saturated carbocycles. The van der Waals surface area contributed by atoms with Crippen LogP contribution in [0, 0.1) is 5.92 Å². The van der Waals surface area contributed by atoms with E-state index in [9.17, 15) is 4.57 Å². The van der Waals surface area contributed by atoms with Crippen molar-refractivity contribution in [1.82, 2.24) is 0 Å². The van der Waals surface area contributed by atoms with E-state index < -0.39 is 15.9 Å². The van der Waals surface area contributed by atoms with Crippen molar-refractivity contribution in [3.63, 3.8) is 0 Å². The van der Waals surface area contributed by atoms with Crippen LogP contribution in [0.25, 0.3) is 0 Å². The van der Waals surface area contributed by atoms with Crippen LogP contribution < -0.4 is 5.73 Å². The maximum atomic E-state index is 10.9. The minimum absolute atomic E-state index is 0.0320. The zero-order chi connectivity index (χ0) is 21.1. The van der Waals surface area contributed by atoms with Gasteiger partial charge in [-0.1, -0.05) is 77.1 Å². The highest BCUT2D eigenvalue weighted by molar-refractivity contribution is 7.46. The highest BCUT2D eigenvalue weighted by Gasteiger charge is 2.29. The summed E-state index contributed by atoms with van der Waals surface area (Å²) in [6.45, 7) is 7.40. The summed E-state index contributed by atoms with van der Waals surface area (Å²) < 4.78 is 15.5. The van der Waals surface area contributed by atoms with Gasteiger partial charge in [-0.2, -0.15) is 0 Å². The number of quaternary nitrogens is 1. The van der Waals surface area contributed by atoms with Gasteiger partial charge in [-0.15, -0.1) is 0 Å². The summed E-state index contributed by atoms with van der Waals surface area (Å²) in [5.74, 6) is 0.946. The Morgan fingerprint density at radius 2 is 1.54 bits per heavy atom. The Balaban J connectivity index is 2.37. The number of phosphoric acid groups is 1. The van der Waals surface area contributed by atoms with Crippen molar-refractivity contribution in [2.24, 2.45) is 5.92 Å². The lowest BCUT2D eigenvalue weighted by Crippen LogP contribution is -2.72. The quantitative estimate of drug-likeness (QED) is 0.179. The second-order valence-corrected chi connectivity index (χ2v) is 17.3. The molecule has 1 rings (SSSR count). The fraction of sp³-hybridized carbons (Fsp3) is 1.00. The Bertz CT molecular complexity index is 460. The van der Waals surface area contributed by atoms with E-state index in [0.717, 1.165) is 25.2 Å². The molecule has 28 heavy (non-hydrogen) atoms. The van der Waals surface area contributed by atoms with Gasteiger partial charge in [-0.3, -0.25) is 4.52 Å². The van der Waals surface area contributed by atoms with Crippen LogP contribution in [0.2, 0.25) is 25.7 Å². The standard InChI is InChI=1S/C21H46NO4PSi/c1-28(2,3)19-10-9-16-21(22,17-11-18-26-27(23,24)25)15-8-7-14-20-12-5-4-6-13-20/h20H,4-19,22H2,1-3H3,(H2,23,24,25)/p+1. The van der Waals surface area contributed by atoms with Crippen molar-refractivity contribution in [1.29, 1.82) is 0 Å². The maximum absolute atomic E-state index is 10.9. The lowest BCUT2D eigenvalue weighted by atomic mass is 9.82. The SMILES string of the molecule is C[Si](C)(C)CCCCC([NH3+])(CCCCC1CCCCC1)CCCOP(=O)(O)O. The first-order valence-electron chi connectivity index (χ1n) is 11.5. The summed E-state index contributed by atoms with van der Waals surface area (Å²) in [7, 11) is -5.33. The number of hydrogen-bond donors (Lipinski definition) is 3. The molecule has 0 heterocycles. The lowest BCUT2D eigenvalue weighted by Gasteiger charge is -2.27. The highest BCUT2D eigenvalue weighted by atomic mass is 31.2. The van der Waals surface area contributed by atoms with Crippen molar-refractivity contribution in [2.75, 3.05) is 6.61 Å². The van der Waals surface area contributed by atoms with Gasteiger partial charge in [0.1, 0.15) is 0 Å². The van der Waals surface area contributed by atoms with Crippen LogP contribution in [0.3, 0.4) is 0 Å². The molecule has 0 amide bonds. The molecule has 1 aliphatic carbocycles. The molecule has 0 spiro atoms. The van der Waals surface area contributed by atoms with Crippen molar-refractivity contribution in [3.8, 4) is 0 Å². The number of rotatable bonds is 15. The van der Waals surface area contributed by atoms with E-state index in [1.165, 1.54) is 70.3 Å². The fourth-order valence-corrected chi connectivity index (χ4v) is 6.25. The summed E-state index contributed by atoms with van der Waals surface area (Å²) in [6, 6.07) is 1.37. The van der Waals surface area contributed by atoms with Crippen LogP contribution in [0.4, 0.5) is 0 Å². The molecule has 1 fully saturated rings. The number of phosphoric ester groups is 1. The van der Waals surface area contributed by atoms with E-state index in [0.29, 0.717) is 6.42 Å². The Morgan fingerprint density at radius 1 is 0.964 bits per heavy atom. The zero-order valence-electron chi connectivity index (χ0n) is 18.8. The van der Waals surface area contributed by atoms with E-state index in [1.807, 2.05) is 0 Å². The molecule has 1 unspecified atom stereocenters. The largest absolute Gasteiger partial charge is 0.469 e. The molecule has 168 valence electrons. The topological polar surface area (TPSA) is 94.4 Å². The maximum Gasteiger partial charge on any atom is 0.469 e. The van der Waals surface area contributed by atoms with Gasteiger partial charge in [0, 0.05) is 27.3 Å². The first kappa shape index (κ1) is 26.3. The van der Waals surface area contributed by atoms with Gasteiger partial charge in [0.2, 0.25) is 0 Å². The zero-order valence-corrected chi connectivity index (χ0v) is 20.7. The van der Waals surface area contributed by atoms with Crippen LogP contribution >= 0.6 is 7.82 Å². The predicted molar refractivity (Wildman–Crippen MR) is 120 cm³/mol. The first-order valence-corrected chi connectivity index (χ1v) is 16.8. The van der Waals surface area contributed by atoms with E-state index in [4.69, 9.17) is 9.79 Å². The molecule has 0 aliphatic heterocycles. The minimum atomic E-state index is -4.35. The Hall–Kier alpha value is 0.287. The lowest BCUT2D eigenvalue weighted by molar-refractivity contribution is -0.484. The van der Waals surface area contributed by atoms with Crippen molar-refractivity contribution < 1.29 is 24.6 Å². The predicted octanol–water partition coefficient (Wildman–Crippen LogP) is 5.51. The summed E-state index contributed by atoms with van der Waals surface area (Å²) in [6.07, 6.45) is 17.3. The van der Waals surface area contributed by atoms with Gasteiger partial charge >= 0.3 is 7.82 Å². The van der Waals surface area contributed by atoms with Crippen LogP contribution in [0.1, 0.15) is 89.9 Å². The average Bonchev–Trinajstić information content (AvgIpc) is 2.59. The van der Waals surface area contributed by atoms with Gasteiger partial charge in [-0.05, 0) is 25.2 Å². The normalized spacial score (nSPS) is 18.9. The third kappa shape index (κ3) is 14.3. The molecule has 5 nitrogen and oxygen atoms in total. The summed E-state index contributed by atoms with van der Waals surface area (Å²) in [5.41, 5.74) is 4.62. The third-order valence-electron chi connectivity index (χ3n) is 6.29.